The second-order valence-electron chi connectivity index (χ2n) is 6.45. The number of amides is 1. The summed E-state index contributed by atoms with van der Waals surface area (Å²) in [5.41, 5.74) is 2.46. The number of aryl methyl sites for hydroxylation is 1. The highest BCUT2D eigenvalue weighted by molar-refractivity contribution is 5.92. The average Bonchev–Trinajstić information content (AvgIpc) is 3.12. The summed E-state index contributed by atoms with van der Waals surface area (Å²) in [5, 5.41) is 7.38. The number of aromatic nitrogens is 6. The van der Waals surface area contributed by atoms with Crippen molar-refractivity contribution in [3.63, 3.8) is 0 Å². The predicted molar refractivity (Wildman–Crippen MR) is 95.0 cm³/mol. The quantitative estimate of drug-likeness (QED) is 0.748. The molecule has 9 nitrogen and oxygen atoms in total. The number of carbonyl (C=O) groups excluding carboxylic acids is 1. The van der Waals surface area contributed by atoms with Gasteiger partial charge in [-0.3, -0.25) is 4.79 Å². The van der Waals surface area contributed by atoms with Gasteiger partial charge in [-0.1, -0.05) is 0 Å². The fourth-order valence-electron chi connectivity index (χ4n) is 3.31. The number of nitrogens with zero attached hydrogens (tertiary/aromatic N) is 7. The van der Waals surface area contributed by atoms with Gasteiger partial charge in [0.15, 0.2) is 0 Å². The van der Waals surface area contributed by atoms with Gasteiger partial charge in [0.05, 0.1) is 0 Å². The molecule has 0 bridgehead atoms. The van der Waals surface area contributed by atoms with Crippen LogP contribution in [0.4, 0.5) is 5.82 Å². The zero-order chi connectivity index (χ0) is 18.1. The Morgan fingerprint density at radius 1 is 1.19 bits per heavy atom. The highest BCUT2D eigenvalue weighted by atomic mass is 16.1. The van der Waals surface area contributed by atoms with E-state index in [2.05, 4.69) is 42.2 Å². The maximum atomic E-state index is 12.3. The Morgan fingerprint density at radius 2 is 2.00 bits per heavy atom. The lowest BCUT2D eigenvalue weighted by atomic mass is 10.0. The first-order valence-electron chi connectivity index (χ1n) is 8.62. The lowest BCUT2D eigenvalue weighted by Crippen LogP contribution is -2.45. The Labute approximate surface area is 150 Å². The van der Waals surface area contributed by atoms with E-state index in [-0.39, 0.29) is 11.9 Å². The third-order valence-corrected chi connectivity index (χ3v) is 4.82. The number of carbonyl (C=O) groups is 1. The van der Waals surface area contributed by atoms with Crippen LogP contribution >= 0.6 is 0 Å². The van der Waals surface area contributed by atoms with Gasteiger partial charge in [0.2, 0.25) is 0 Å². The van der Waals surface area contributed by atoms with Crippen molar-refractivity contribution in [2.45, 2.75) is 32.7 Å². The van der Waals surface area contributed by atoms with Gasteiger partial charge in [0.1, 0.15) is 24.2 Å². The smallest absolute Gasteiger partial charge is 0.270 e. The van der Waals surface area contributed by atoms with Crippen LogP contribution in [0.2, 0.25) is 0 Å². The van der Waals surface area contributed by atoms with Gasteiger partial charge in [-0.15, -0.1) is 0 Å². The van der Waals surface area contributed by atoms with Crippen molar-refractivity contribution in [1.82, 2.24) is 34.9 Å². The average molecular weight is 352 g/mol. The molecule has 0 saturated carbocycles. The number of hydrogen-bond acceptors (Lipinski definition) is 7. The van der Waals surface area contributed by atoms with Crippen molar-refractivity contribution >= 4 is 17.5 Å². The Morgan fingerprint density at radius 3 is 2.73 bits per heavy atom. The van der Waals surface area contributed by atoms with Crippen LogP contribution in [-0.2, 0) is 0 Å². The molecule has 4 rings (SSSR count). The van der Waals surface area contributed by atoms with Crippen LogP contribution in [0, 0.1) is 13.8 Å². The van der Waals surface area contributed by atoms with Crippen molar-refractivity contribution in [3.05, 3.63) is 41.9 Å². The third-order valence-electron chi connectivity index (χ3n) is 4.82. The highest BCUT2D eigenvalue weighted by Crippen LogP contribution is 2.25. The van der Waals surface area contributed by atoms with Crippen LogP contribution in [0.25, 0.3) is 5.78 Å². The van der Waals surface area contributed by atoms with E-state index in [0.29, 0.717) is 11.5 Å². The van der Waals surface area contributed by atoms with Gasteiger partial charge in [-0.2, -0.15) is 14.6 Å². The van der Waals surface area contributed by atoms with Crippen LogP contribution in [0.3, 0.4) is 0 Å². The first-order chi connectivity index (χ1) is 12.6. The van der Waals surface area contributed by atoms with Crippen LogP contribution in [0.5, 0.6) is 0 Å². The van der Waals surface area contributed by atoms with Crippen LogP contribution in [0.15, 0.2) is 24.9 Å². The summed E-state index contributed by atoms with van der Waals surface area (Å²) in [5.74, 6) is 1.49. The number of hydrogen-bond donors (Lipinski definition) is 1. The molecule has 3 aromatic rings. The molecular formula is C17H20N8O. The second kappa shape index (κ2) is 6.66. The van der Waals surface area contributed by atoms with Gasteiger partial charge in [0, 0.05) is 36.6 Å². The normalized spacial score (nSPS) is 15.4. The molecule has 1 fully saturated rings. The molecule has 4 heterocycles. The van der Waals surface area contributed by atoms with Crippen molar-refractivity contribution in [3.8, 4) is 0 Å². The summed E-state index contributed by atoms with van der Waals surface area (Å²) in [6.07, 6.45) is 6.19. The maximum absolute atomic E-state index is 12.3. The summed E-state index contributed by atoms with van der Waals surface area (Å²) in [6.45, 7) is 5.70. The third kappa shape index (κ3) is 2.96. The Bertz CT molecular complexity index is 931. The van der Waals surface area contributed by atoms with Crippen LogP contribution in [-0.4, -0.2) is 54.6 Å². The van der Waals surface area contributed by atoms with E-state index >= 15 is 0 Å². The van der Waals surface area contributed by atoms with E-state index in [1.54, 1.807) is 16.8 Å². The number of anilines is 1. The molecule has 26 heavy (non-hydrogen) atoms. The molecule has 0 atom stereocenters. The fourth-order valence-corrected chi connectivity index (χ4v) is 3.31. The zero-order valence-electron chi connectivity index (χ0n) is 14.8. The van der Waals surface area contributed by atoms with Crippen molar-refractivity contribution in [2.24, 2.45) is 0 Å². The fraction of sp³-hybridized carbons (Fsp3) is 0.412. The van der Waals surface area contributed by atoms with E-state index in [0.717, 1.165) is 43.0 Å². The Hall–Kier alpha value is -3.10. The summed E-state index contributed by atoms with van der Waals surface area (Å²) >= 11 is 0. The number of piperidine rings is 1. The zero-order valence-corrected chi connectivity index (χ0v) is 14.8. The van der Waals surface area contributed by atoms with Gasteiger partial charge in [0.25, 0.3) is 11.7 Å². The number of nitrogens with one attached hydrogen (secondary N) is 1. The first kappa shape index (κ1) is 16.4. The predicted octanol–water partition coefficient (Wildman–Crippen LogP) is 0.930. The molecule has 0 aromatic carbocycles. The number of rotatable bonds is 3. The summed E-state index contributed by atoms with van der Waals surface area (Å²) in [6, 6.07) is 1.75. The van der Waals surface area contributed by atoms with Gasteiger partial charge < -0.3 is 10.2 Å². The largest absolute Gasteiger partial charge is 0.356 e. The van der Waals surface area contributed by atoms with Crippen molar-refractivity contribution in [1.29, 1.82) is 0 Å². The molecule has 0 aliphatic carbocycles. The summed E-state index contributed by atoms with van der Waals surface area (Å²) in [4.78, 5) is 31.1. The van der Waals surface area contributed by atoms with Crippen molar-refractivity contribution in [2.75, 3.05) is 18.0 Å². The first-order valence-corrected chi connectivity index (χ1v) is 8.62. The molecule has 1 amide bonds. The Kier molecular flexibility index (Phi) is 4.19. The van der Waals surface area contributed by atoms with Gasteiger partial charge in [-0.25, -0.2) is 15.0 Å². The molecule has 0 spiro atoms. The van der Waals surface area contributed by atoms with E-state index < -0.39 is 0 Å². The monoisotopic (exact) mass is 352 g/mol. The molecule has 1 aliphatic rings. The standard InChI is InChI=1S/C17H20N8O/c1-11-12(2)22-17-20-10-21-25(17)16(11)24-7-4-13(5-8-24)23-15(26)14-3-6-18-9-19-14/h3,6,9-10,13H,4-5,7-8H2,1-2H3,(H,23,26). The maximum Gasteiger partial charge on any atom is 0.270 e. The van der Waals surface area contributed by atoms with E-state index in [1.165, 1.54) is 12.7 Å². The lowest BCUT2D eigenvalue weighted by molar-refractivity contribution is 0.0926. The molecule has 3 aromatic heterocycles. The van der Waals surface area contributed by atoms with Gasteiger partial charge >= 0.3 is 0 Å². The van der Waals surface area contributed by atoms with E-state index in [4.69, 9.17) is 0 Å². The second-order valence-corrected chi connectivity index (χ2v) is 6.45. The summed E-state index contributed by atoms with van der Waals surface area (Å²) < 4.78 is 1.79. The molecule has 0 unspecified atom stereocenters. The Balaban J connectivity index is 1.47. The molecule has 1 N–H and O–H groups in total. The minimum atomic E-state index is -0.152. The van der Waals surface area contributed by atoms with E-state index in [1.807, 2.05) is 6.92 Å². The molecule has 134 valence electrons. The van der Waals surface area contributed by atoms with Crippen LogP contribution < -0.4 is 10.2 Å². The molecule has 0 radical (unpaired) electrons. The van der Waals surface area contributed by atoms with E-state index in [9.17, 15) is 4.79 Å². The SMILES string of the molecule is Cc1nc2ncnn2c(N2CCC(NC(=O)c3ccncn3)CC2)c1C. The van der Waals surface area contributed by atoms with Gasteiger partial charge in [-0.05, 0) is 32.8 Å². The molecule has 1 saturated heterocycles. The molecular weight excluding hydrogens is 332 g/mol. The minimum absolute atomic E-state index is 0.128. The van der Waals surface area contributed by atoms with Crippen LogP contribution in [0.1, 0.15) is 34.6 Å². The highest BCUT2D eigenvalue weighted by Gasteiger charge is 2.25. The summed E-state index contributed by atoms with van der Waals surface area (Å²) in [7, 11) is 0. The topological polar surface area (TPSA) is 101 Å². The number of fused-ring (bicyclic) bond motifs is 1. The minimum Gasteiger partial charge on any atom is -0.356 e. The molecule has 9 heteroatoms. The lowest BCUT2D eigenvalue weighted by Gasteiger charge is -2.34. The molecule has 1 aliphatic heterocycles. The van der Waals surface area contributed by atoms with Crippen molar-refractivity contribution < 1.29 is 4.79 Å².